The van der Waals surface area contributed by atoms with E-state index in [2.05, 4.69) is 53.9 Å². The first kappa shape index (κ1) is 25.9. The van der Waals surface area contributed by atoms with Crippen LogP contribution >= 0.6 is 15.9 Å². The number of rotatable bonds is 11. The number of ether oxygens (including phenoxy) is 1. The van der Waals surface area contributed by atoms with Crippen LogP contribution in [0.5, 0.6) is 0 Å². The number of carbonyl (C=O) groups is 1. The maximum atomic E-state index is 13.6. The minimum atomic E-state index is -0.798. The van der Waals surface area contributed by atoms with Crippen LogP contribution in [0.3, 0.4) is 0 Å². The van der Waals surface area contributed by atoms with Crippen LogP contribution in [0.1, 0.15) is 32.6 Å². The summed E-state index contributed by atoms with van der Waals surface area (Å²) in [6, 6.07) is 3.98. The minimum Gasteiger partial charge on any atom is -0.449 e. The summed E-state index contributed by atoms with van der Waals surface area (Å²) in [6.45, 7) is 3.06. The predicted octanol–water partition coefficient (Wildman–Crippen LogP) is 2.81. The number of nitrogens with zero attached hydrogens (tertiary/aromatic N) is 5. The molecule has 0 atom stereocenters. The first-order chi connectivity index (χ1) is 16.9. The number of guanidine groups is 1. The van der Waals surface area contributed by atoms with Crippen LogP contribution in [-0.2, 0) is 4.74 Å². The molecule has 1 amide bonds. The van der Waals surface area contributed by atoms with Gasteiger partial charge in [-0.15, -0.1) is 0 Å². The molecule has 0 aliphatic heterocycles. The summed E-state index contributed by atoms with van der Waals surface area (Å²) in [5.74, 6) is -1.12. The zero-order chi connectivity index (χ0) is 25.2. The second-order valence-electron chi connectivity index (χ2n) is 7.18. The van der Waals surface area contributed by atoms with E-state index in [1.165, 1.54) is 18.2 Å². The standard InChI is InChI=1S/C20H24BrFN8O5/c1-2-3-4-10-33-19(31)26-18(23)25-9-5-8-24-16-15(27-35-28-16)17-29-34-20(32)30(17)12-6-7-14(22)13(21)11-12/h6-7,11H,2-5,8-10H2,1H3,(H,24,28)(H3,23,25,26,31). The quantitative estimate of drug-likeness (QED) is 0.181. The Hall–Kier alpha value is -3.75. The van der Waals surface area contributed by atoms with Crippen LogP contribution in [-0.4, -0.2) is 51.8 Å². The van der Waals surface area contributed by atoms with Crippen molar-refractivity contribution in [3.63, 3.8) is 0 Å². The van der Waals surface area contributed by atoms with Crippen molar-refractivity contribution in [2.75, 3.05) is 25.0 Å². The molecule has 0 spiro atoms. The summed E-state index contributed by atoms with van der Waals surface area (Å²) in [4.78, 5) is 27.9. The van der Waals surface area contributed by atoms with Crippen LogP contribution in [0.4, 0.5) is 15.0 Å². The van der Waals surface area contributed by atoms with Gasteiger partial charge in [-0.25, -0.2) is 23.2 Å². The van der Waals surface area contributed by atoms with Crippen molar-refractivity contribution in [1.82, 2.24) is 25.4 Å². The summed E-state index contributed by atoms with van der Waals surface area (Å²) in [5, 5.41) is 16.7. The molecule has 35 heavy (non-hydrogen) atoms. The molecule has 2 heterocycles. The number of aromatic nitrogens is 4. The van der Waals surface area contributed by atoms with Gasteiger partial charge in [-0.2, -0.15) is 0 Å². The number of unbranched alkanes of at least 4 members (excludes halogenated alkanes) is 2. The van der Waals surface area contributed by atoms with Crippen LogP contribution < -0.4 is 22.1 Å². The number of anilines is 1. The van der Waals surface area contributed by atoms with E-state index < -0.39 is 17.7 Å². The highest BCUT2D eigenvalue weighted by molar-refractivity contribution is 9.10. The van der Waals surface area contributed by atoms with Crippen molar-refractivity contribution in [2.45, 2.75) is 32.6 Å². The topological polar surface area (TPSA) is 176 Å². The number of hydrogen-bond donors (Lipinski definition) is 3. The van der Waals surface area contributed by atoms with Gasteiger partial charge in [-0.05, 0) is 57.3 Å². The number of nitrogens with one attached hydrogen (secondary N) is 2. The Morgan fingerprint density at radius 2 is 2.11 bits per heavy atom. The van der Waals surface area contributed by atoms with E-state index in [1.54, 1.807) is 0 Å². The van der Waals surface area contributed by atoms with Gasteiger partial charge in [0.1, 0.15) is 5.82 Å². The summed E-state index contributed by atoms with van der Waals surface area (Å²) in [7, 11) is 0. The highest BCUT2D eigenvalue weighted by Crippen LogP contribution is 2.26. The fourth-order valence-electron chi connectivity index (χ4n) is 2.89. The third-order valence-electron chi connectivity index (χ3n) is 4.59. The molecule has 2 aromatic heterocycles. The fraction of sp³-hybridized carbons (Fsp3) is 0.400. The third-order valence-corrected chi connectivity index (χ3v) is 5.19. The molecule has 0 aliphatic rings. The largest absolute Gasteiger partial charge is 0.449 e. The van der Waals surface area contributed by atoms with E-state index in [0.717, 1.165) is 23.8 Å². The number of hydrogen-bond acceptors (Lipinski definition) is 10. The number of carbonyl (C=O) groups excluding carboxylic acids is 1. The van der Waals surface area contributed by atoms with Gasteiger partial charge in [0.05, 0.1) is 16.8 Å². The second kappa shape index (κ2) is 12.6. The molecule has 0 radical (unpaired) electrons. The van der Waals surface area contributed by atoms with Crippen molar-refractivity contribution in [2.24, 2.45) is 10.7 Å². The van der Waals surface area contributed by atoms with Crippen LogP contribution in [0.25, 0.3) is 17.2 Å². The van der Waals surface area contributed by atoms with E-state index in [-0.39, 0.29) is 27.8 Å². The van der Waals surface area contributed by atoms with Crippen LogP contribution in [0.15, 0.2) is 41.6 Å². The molecule has 4 N–H and O–H groups in total. The molecule has 13 nitrogen and oxygen atoms in total. The Morgan fingerprint density at radius 3 is 2.89 bits per heavy atom. The number of aliphatic imine (C=N–C) groups is 1. The maximum absolute atomic E-state index is 13.6. The van der Waals surface area contributed by atoms with Crippen molar-refractivity contribution in [1.29, 1.82) is 0 Å². The molecular formula is C20H24BrFN8O5. The number of benzene rings is 1. The predicted molar refractivity (Wildman–Crippen MR) is 127 cm³/mol. The molecule has 0 fully saturated rings. The van der Waals surface area contributed by atoms with Gasteiger partial charge in [0, 0.05) is 13.1 Å². The Balaban J connectivity index is 1.55. The molecule has 0 bridgehead atoms. The van der Waals surface area contributed by atoms with Crippen molar-refractivity contribution >= 4 is 33.8 Å². The second-order valence-corrected chi connectivity index (χ2v) is 8.04. The first-order valence-electron chi connectivity index (χ1n) is 10.7. The summed E-state index contributed by atoms with van der Waals surface area (Å²) >= 11 is 3.08. The Labute approximate surface area is 207 Å². The Kier molecular flexibility index (Phi) is 9.34. The van der Waals surface area contributed by atoms with Gasteiger partial charge in [-0.3, -0.25) is 14.8 Å². The van der Waals surface area contributed by atoms with E-state index in [0.29, 0.717) is 31.8 Å². The van der Waals surface area contributed by atoms with Gasteiger partial charge in [0.15, 0.2) is 11.7 Å². The van der Waals surface area contributed by atoms with Crippen LogP contribution in [0.2, 0.25) is 0 Å². The van der Waals surface area contributed by atoms with Crippen molar-refractivity contribution in [3.8, 4) is 17.2 Å². The van der Waals surface area contributed by atoms with E-state index in [9.17, 15) is 14.0 Å². The molecule has 3 rings (SSSR count). The zero-order valence-electron chi connectivity index (χ0n) is 18.8. The number of nitrogens with two attached hydrogens (primary N) is 1. The van der Waals surface area contributed by atoms with Gasteiger partial charge in [-0.1, -0.05) is 24.9 Å². The molecule has 3 aromatic rings. The van der Waals surface area contributed by atoms with Crippen LogP contribution in [0, 0.1) is 5.82 Å². The van der Waals surface area contributed by atoms with Gasteiger partial charge < -0.3 is 15.8 Å². The number of alkyl carbamates (subject to hydrolysis) is 1. The number of halogens is 2. The molecular weight excluding hydrogens is 531 g/mol. The molecule has 1 aromatic carbocycles. The molecule has 0 unspecified atom stereocenters. The lowest BCUT2D eigenvalue weighted by molar-refractivity contribution is 0.149. The zero-order valence-corrected chi connectivity index (χ0v) is 20.4. The third kappa shape index (κ3) is 7.11. The van der Waals surface area contributed by atoms with Gasteiger partial charge >= 0.3 is 11.8 Å². The highest BCUT2D eigenvalue weighted by atomic mass is 79.9. The first-order valence-corrected chi connectivity index (χ1v) is 11.5. The normalized spacial score (nSPS) is 11.5. The summed E-state index contributed by atoms with van der Waals surface area (Å²) in [6.07, 6.45) is 2.66. The molecule has 15 heteroatoms. The molecule has 0 aliphatic carbocycles. The van der Waals surface area contributed by atoms with Gasteiger partial charge in [0.25, 0.3) is 0 Å². The number of amides is 1. The lowest BCUT2D eigenvalue weighted by Gasteiger charge is -2.07. The summed E-state index contributed by atoms with van der Waals surface area (Å²) < 4.78 is 29.4. The monoisotopic (exact) mass is 554 g/mol. The van der Waals surface area contributed by atoms with E-state index >= 15 is 0 Å². The average Bonchev–Trinajstić information content (AvgIpc) is 3.44. The molecule has 0 saturated carbocycles. The molecule has 0 saturated heterocycles. The van der Waals surface area contributed by atoms with Crippen molar-refractivity contribution < 1.29 is 23.1 Å². The minimum absolute atomic E-state index is 0.0150. The Morgan fingerprint density at radius 1 is 1.29 bits per heavy atom. The van der Waals surface area contributed by atoms with E-state index in [1.807, 2.05) is 0 Å². The lowest BCUT2D eigenvalue weighted by Crippen LogP contribution is -2.37. The maximum Gasteiger partial charge on any atom is 0.446 e. The van der Waals surface area contributed by atoms with Gasteiger partial charge in [0.2, 0.25) is 11.6 Å². The average molecular weight is 555 g/mol. The Bertz CT molecular complexity index is 1220. The summed E-state index contributed by atoms with van der Waals surface area (Å²) in [5.41, 5.74) is 6.10. The molecule has 188 valence electrons. The highest BCUT2D eigenvalue weighted by Gasteiger charge is 2.23. The smallest absolute Gasteiger partial charge is 0.446 e. The fourth-order valence-corrected chi connectivity index (χ4v) is 3.25. The lowest BCUT2D eigenvalue weighted by atomic mass is 10.3. The van der Waals surface area contributed by atoms with Crippen molar-refractivity contribution in [3.05, 3.63) is 39.0 Å². The van der Waals surface area contributed by atoms with E-state index in [4.69, 9.17) is 19.6 Å². The SMILES string of the molecule is CCCCCOC(=O)NC(N)=NCCCNc1nonc1-c1noc(=O)n1-c1ccc(F)c(Br)c1.